The van der Waals surface area contributed by atoms with Gasteiger partial charge >= 0.3 is 0 Å². The average molecular weight is 345 g/mol. The van der Waals surface area contributed by atoms with Crippen LogP contribution in [0.1, 0.15) is 30.9 Å². The molecule has 0 atom stereocenters. The lowest BCUT2D eigenvalue weighted by molar-refractivity contribution is 0.690. The Labute approximate surface area is 154 Å². The molecule has 0 amide bonds. The van der Waals surface area contributed by atoms with Gasteiger partial charge in [-0.05, 0) is 70.7 Å². The van der Waals surface area contributed by atoms with E-state index in [0.717, 1.165) is 0 Å². The lowest BCUT2D eigenvalue weighted by atomic mass is 9.86. The van der Waals surface area contributed by atoms with Crippen LogP contribution in [0.2, 0.25) is 0 Å². The maximum absolute atomic E-state index is 2.35. The van der Waals surface area contributed by atoms with Crippen LogP contribution >= 0.6 is 11.8 Å². The minimum absolute atomic E-state index is 1.18. The highest BCUT2D eigenvalue weighted by Crippen LogP contribution is 2.33. The van der Waals surface area contributed by atoms with Gasteiger partial charge in [0.05, 0.1) is 0 Å². The fourth-order valence-corrected chi connectivity index (χ4v) is 4.47. The van der Waals surface area contributed by atoms with E-state index in [0.29, 0.717) is 0 Å². The van der Waals surface area contributed by atoms with Crippen LogP contribution in [0.25, 0.3) is 21.5 Å². The zero-order valence-corrected chi connectivity index (χ0v) is 15.6. The molecule has 0 nitrogen and oxygen atoms in total. The molecular weight excluding hydrogens is 320 g/mol. The van der Waals surface area contributed by atoms with E-state index in [-0.39, 0.29) is 0 Å². The molecule has 126 valence electrons. The molecule has 1 aliphatic heterocycles. The van der Waals surface area contributed by atoms with Crippen molar-refractivity contribution in [2.45, 2.75) is 32.6 Å². The monoisotopic (exact) mass is 344 g/mol. The first-order chi connectivity index (χ1) is 12.3. The van der Waals surface area contributed by atoms with Crippen LogP contribution in [0.3, 0.4) is 0 Å². The van der Waals surface area contributed by atoms with Gasteiger partial charge in [-0.1, -0.05) is 66.3 Å². The molecule has 25 heavy (non-hydrogen) atoms. The molecule has 0 bridgehead atoms. The number of rotatable bonds is 0. The van der Waals surface area contributed by atoms with Crippen molar-refractivity contribution in [2.24, 2.45) is 0 Å². The first kappa shape index (κ1) is 16.5. The SMILES string of the molecule is CC1=CC=CSC1.c1ccc2c(c1)ccc1c3c(ccc12)CCCC3. The lowest BCUT2D eigenvalue weighted by Crippen LogP contribution is -2.02. The molecule has 3 aromatic rings. The zero-order chi connectivity index (χ0) is 17.1. The van der Waals surface area contributed by atoms with Gasteiger partial charge in [0.2, 0.25) is 0 Å². The van der Waals surface area contributed by atoms with E-state index in [4.69, 9.17) is 0 Å². The summed E-state index contributed by atoms with van der Waals surface area (Å²) in [6.07, 6.45) is 9.45. The average Bonchev–Trinajstić information content (AvgIpc) is 2.68. The Kier molecular flexibility index (Phi) is 4.94. The zero-order valence-electron chi connectivity index (χ0n) is 14.8. The number of aryl methyl sites for hydroxylation is 2. The summed E-state index contributed by atoms with van der Waals surface area (Å²) in [5.41, 5.74) is 4.64. The van der Waals surface area contributed by atoms with Gasteiger partial charge in [-0.3, -0.25) is 0 Å². The van der Waals surface area contributed by atoms with Crippen molar-refractivity contribution in [2.75, 3.05) is 5.75 Å². The summed E-state index contributed by atoms with van der Waals surface area (Å²) in [5, 5.41) is 7.76. The number of hydrogen-bond acceptors (Lipinski definition) is 1. The molecule has 0 spiro atoms. The number of thioether (sulfide) groups is 1. The minimum Gasteiger partial charge on any atom is -0.130 e. The minimum atomic E-state index is 1.18. The van der Waals surface area contributed by atoms with E-state index in [2.05, 4.69) is 73.0 Å². The highest BCUT2D eigenvalue weighted by atomic mass is 32.2. The summed E-state index contributed by atoms with van der Waals surface area (Å²) in [6.45, 7) is 2.15. The van der Waals surface area contributed by atoms with Crippen LogP contribution < -0.4 is 0 Å². The first-order valence-electron chi connectivity index (χ1n) is 9.19. The third kappa shape index (κ3) is 3.52. The first-order valence-corrected chi connectivity index (χ1v) is 10.2. The highest BCUT2D eigenvalue weighted by Gasteiger charge is 2.13. The van der Waals surface area contributed by atoms with E-state index < -0.39 is 0 Å². The molecule has 0 radical (unpaired) electrons. The van der Waals surface area contributed by atoms with Gasteiger partial charge in [-0.2, -0.15) is 0 Å². The van der Waals surface area contributed by atoms with Crippen molar-refractivity contribution in [3.8, 4) is 0 Å². The van der Waals surface area contributed by atoms with E-state index in [1.807, 2.05) is 11.8 Å². The molecule has 0 unspecified atom stereocenters. The predicted molar refractivity (Wildman–Crippen MR) is 113 cm³/mol. The lowest BCUT2D eigenvalue weighted by Gasteiger charge is -2.18. The number of allylic oxidation sites excluding steroid dienone is 2. The Hall–Kier alpha value is -1.99. The topological polar surface area (TPSA) is 0 Å². The van der Waals surface area contributed by atoms with Gasteiger partial charge in [0.15, 0.2) is 0 Å². The molecular formula is C24H24S. The summed E-state index contributed by atoms with van der Waals surface area (Å²) < 4.78 is 0. The summed E-state index contributed by atoms with van der Waals surface area (Å²) in [4.78, 5) is 0. The highest BCUT2D eigenvalue weighted by molar-refractivity contribution is 8.02. The fourth-order valence-electron chi connectivity index (χ4n) is 3.83. The van der Waals surface area contributed by atoms with Gasteiger partial charge < -0.3 is 0 Å². The second kappa shape index (κ2) is 7.49. The van der Waals surface area contributed by atoms with Gasteiger partial charge in [0, 0.05) is 5.75 Å². The Morgan fingerprint density at radius 3 is 2.44 bits per heavy atom. The summed E-state index contributed by atoms with van der Waals surface area (Å²) >= 11 is 1.85. The number of fused-ring (bicyclic) bond motifs is 5. The third-order valence-electron chi connectivity index (χ3n) is 5.12. The largest absolute Gasteiger partial charge is 0.130 e. The molecule has 0 N–H and O–H groups in total. The summed E-state index contributed by atoms with van der Waals surface area (Å²) in [7, 11) is 0. The maximum Gasteiger partial charge on any atom is 0.0185 e. The van der Waals surface area contributed by atoms with E-state index in [1.165, 1.54) is 58.6 Å². The normalized spacial score (nSPS) is 16.1. The van der Waals surface area contributed by atoms with Gasteiger partial charge in [-0.25, -0.2) is 0 Å². The van der Waals surface area contributed by atoms with Crippen LogP contribution in [-0.2, 0) is 12.8 Å². The Balaban J connectivity index is 0.000000190. The Bertz CT molecular complexity index is 962. The molecule has 1 heteroatoms. The molecule has 0 saturated carbocycles. The third-order valence-corrected chi connectivity index (χ3v) is 6.10. The molecule has 3 aromatic carbocycles. The predicted octanol–water partition coefficient (Wildman–Crippen LogP) is 7.07. The Morgan fingerprint density at radius 2 is 1.64 bits per heavy atom. The smallest absolute Gasteiger partial charge is 0.0185 e. The fraction of sp³-hybridized carbons (Fsp3) is 0.250. The number of hydrogen-bond donors (Lipinski definition) is 0. The molecule has 2 aliphatic rings. The molecule has 5 rings (SSSR count). The summed E-state index contributed by atoms with van der Waals surface area (Å²) in [5.74, 6) is 1.18. The maximum atomic E-state index is 2.35. The van der Waals surface area contributed by atoms with Crippen LogP contribution in [0.15, 0.2) is 71.7 Å². The van der Waals surface area contributed by atoms with Crippen LogP contribution in [0.5, 0.6) is 0 Å². The Morgan fingerprint density at radius 1 is 0.800 bits per heavy atom. The molecule has 0 fully saturated rings. The second-order valence-corrected chi connectivity index (χ2v) is 7.84. The van der Waals surface area contributed by atoms with Crippen molar-refractivity contribution in [1.82, 2.24) is 0 Å². The molecule has 0 aromatic heterocycles. The summed E-state index contributed by atoms with van der Waals surface area (Å²) in [6, 6.07) is 18.0. The van der Waals surface area contributed by atoms with Crippen molar-refractivity contribution in [1.29, 1.82) is 0 Å². The van der Waals surface area contributed by atoms with Crippen LogP contribution in [-0.4, -0.2) is 5.75 Å². The van der Waals surface area contributed by atoms with E-state index in [1.54, 1.807) is 11.1 Å². The van der Waals surface area contributed by atoms with Crippen LogP contribution in [0.4, 0.5) is 0 Å². The quantitative estimate of drug-likeness (QED) is 0.393. The van der Waals surface area contributed by atoms with Crippen molar-refractivity contribution >= 4 is 33.3 Å². The van der Waals surface area contributed by atoms with Gasteiger partial charge in [0.25, 0.3) is 0 Å². The standard InChI is InChI=1S/C18H16.C6H8S/c1-3-7-15-13(5-1)9-11-18-16-8-4-2-6-14(16)10-12-17(15)18;1-6-3-2-4-7-5-6/h1,3,5,7,9-12H,2,4,6,8H2;2-4H,5H2,1H3. The van der Waals surface area contributed by atoms with Crippen molar-refractivity contribution < 1.29 is 0 Å². The molecule has 0 saturated heterocycles. The van der Waals surface area contributed by atoms with E-state index in [9.17, 15) is 0 Å². The van der Waals surface area contributed by atoms with Crippen LogP contribution in [0, 0.1) is 0 Å². The van der Waals surface area contributed by atoms with Gasteiger partial charge in [0.1, 0.15) is 0 Å². The van der Waals surface area contributed by atoms with Crippen molar-refractivity contribution in [3.63, 3.8) is 0 Å². The second-order valence-electron chi connectivity index (χ2n) is 6.94. The molecule has 1 heterocycles. The van der Waals surface area contributed by atoms with E-state index >= 15 is 0 Å². The molecule has 1 aliphatic carbocycles. The number of benzene rings is 3. The van der Waals surface area contributed by atoms with Crippen molar-refractivity contribution in [3.05, 3.63) is 82.8 Å². The van der Waals surface area contributed by atoms with Gasteiger partial charge in [-0.15, -0.1) is 11.8 Å².